The molecule has 1 atom stereocenters. The second-order valence-corrected chi connectivity index (χ2v) is 4.98. The van der Waals surface area contributed by atoms with E-state index in [9.17, 15) is 4.79 Å². The van der Waals surface area contributed by atoms with Crippen molar-refractivity contribution in [1.29, 1.82) is 0 Å². The average Bonchev–Trinajstić information content (AvgIpc) is 2.84. The fourth-order valence-corrected chi connectivity index (χ4v) is 2.61. The molecule has 104 valence electrons. The number of hydrogen-bond donors (Lipinski definition) is 2. The standard InChI is InChI=1S/C14H20N2O3/c17-8-2-4-13-3-1-7-16(13)10-12-6-5-11(9-15-12)14(18)19/h5-6,9,13,17H,1-4,7-8,10H2,(H,18,19). The Morgan fingerprint density at radius 3 is 2.95 bits per heavy atom. The zero-order valence-corrected chi connectivity index (χ0v) is 11.0. The van der Waals surface area contributed by atoms with Crippen LogP contribution in [0.2, 0.25) is 0 Å². The molecule has 0 bridgehead atoms. The Hall–Kier alpha value is -1.46. The van der Waals surface area contributed by atoms with Crippen molar-refractivity contribution in [2.45, 2.75) is 38.3 Å². The molecule has 1 aromatic rings. The van der Waals surface area contributed by atoms with Crippen LogP contribution in [0.15, 0.2) is 18.3 Å². The molecule has 19 heavy (non-hydrogen) atoms. The van der Waals surface area contributed by atoms with Crippen LogP contribution in [-0.4, -0.2) is 45.3 Å². The van der Waals surface area contributed by atoms with Crippen LogP contribution in [0.3, 0.4) is 0 Å². The van der Waals surface area contributed by atoms with E-state index < -0.39 is 5.97 Å². The van der Waals surface area contributed by atoms with E-state index in [0.717, 1.165) is 31.6 Å². The lowest BCUT2D eigenvalue weighted by atomic mass is 10.1. The van der Waals surface area contributed by atoms with Gasteiger partial charge in [-0.05, 0) is 44.4 Å². The molecule has 0 spiro atoms. The Kier molecular flexibility index (Phi) is 4.87. The molecule has 5 heteroatoms. The molecule has 0 aromatic carbocycles. The molecule has 0 radical (unpaired) electrons. The molecule has 0 aliphatic carbocycles. The summed E-state index contributed by atoms with van der Waals surface area (Å²) in [6.07, 6.45) is 5.63. The molecule has 1 saturated heterocycles. The zero-order chi connectivity index (χ0) is 13.7. The smallest absolute Gasteiger partial charge is 0.337 e. The normalized spacial score (nSPS) is 19.7. The Labute approximate surface area is 112 Å². The number of nitrogens with zero attached hydrogens (tertiary/aromatic N) is 2. The van der Waals surface area contributed by atoms with E-state index in [1.165, 1.54) is 19.0 Å². The Bertz CT molecular complexity index is 419. The number of rotatable bonds is 6. The maximum Gasteiger partial charge on any atom is 0.337 e. The molecule has 1 unspecified atom stereocenters. The van der Waals surface area contributed by atoms with Gasteiger partial charge in [-0.3, -0.25) is 9.88 Å². The molecular formula is C14H20N2O3. The summed E-state index contributed by atoms with van der Waals surface area (Å²) in [5.41, 5.74) is 1.13. The molecule has 1 aromatic heterocycles. The molecular weight excluding hydrogens is 244 g/mol. The van der Waals surface area contributed by atoms with Crippen molar-refractivity contribution in [2.24, 2.45) is 0 Å². The minimum atomic E-state index is -0.943. The minimum absolute atomic E-state index is 0.224. The number of likely N-dealkylation sites (tertiary alicyclic amines) is 1. The molecule has 2 N–H and O–H groups in total. The van der Waals surface area contributed by atoms with Crippen LogP contribution in [0.1, 0.15) is 41.7 Å². The average molecular weight is 264 g/mol. The van der Waals surface area contributed by atoms with Gasteiger partial charge in [0.05, 0.1) is 11.3 Å². The highest BCUT2D eigenvalue weighted by Gasteiger charge is 2.24. The van der Waals surface area contributed by atoms with Gasteiger partial charge in [0.25, 0.3) is 0 Å². The second kappa shape index (κ2) is 6.63. The summed E-state index contributed by atoms with van der Waals surface area (Å²) in [4.78, 5) is 17.3. The number of carbonyl (C=O) groups is 1. The summed E-state index contributed by atoms with van der Waals surface area (Å²) >= 11 is 0. The highest BCUT2D eigenvalue weighted by Crippen LogP contribution is 2.22. The van der Waals surface area contributed by atoms with Gasteiger partial charge in [-0.25, -0.2) is 4.79 Å². The highest BCUT2D eigenvalue weighted by atomic mass is 16.4. The van der Waals surface area contributed by atoms with E-state index in [-0.39, 0.29) is 12.2 Å². The second-order valence-electron chi connectivity index (χ2n) is 4.98. The summed E-state index contributed by atoms with van der Waals surface area (Å²) in [5.74, 6) is -0.943. The Morgan fingerprint density at radius 1 is 1.47 bits per heavy atom. The van der Waals surface area contributed by atoms with Gasteiger partial charge in [-0.1, -0.05) is 0 Å². The van der Waals surface area contributed by atoms with Crippen LogP contribution in [0, 0.1) is 0 Å². The lowest BCUT2D eigenvalue weighted by Crippen LogP contribution is -2.29. The number of pyridine rings is 1. The Morgan fingerprint density at radius 2 is 2.32 bits per heavy atom. The lowest BCUT2D eigenvalue weighted by molar-refractivity contribution is 0.0696. The van der Waals surface area contributed by atoms with E-state index in [0.29, 0.717) is 6.04 Å². The van der Waals surface area contributed by atoms with Crippen LogP contribution in [0.4, 0.5) is 0 Å². The van der Waals surface area contributed by atoms with Crippen molar-refractivity contribution in [3.8, 4) is 0 Å². The first-order chi connectivity index (χ1) is 9.20. The first-order valence-corrected chi connectivity index (χ1v) is 6.74. The summed E-state index contributed by atoms with van der Waals surface area (Å²) in [6, 6.07) is 3.90. The minimum Gasteiger partial charge on any atom is -0.478 e. The van der Waals surface area contributed by atoms with Gasteiger partial charge in [0.2, 0.25) is 0 Å². The third-order valence-electron chi connectivity index (χ3n) is 3.63. The van der Waals surface area contributed by atoms with Crippen LogP contribution >= 0.6 is 0 Å². The fraction of sp³-hybridized carbons (Fsp3) is 0.571. The monoisotopic (exact) mass is 264 g/mol. The molecule has 2 rings (SSSR count). The van der Waals surface area contributed by atoms with Gasteiger partial charge in [-0.2, -0.15) is 0 Å². The van der Waals surface area contributed by atoms with Gasteiger partial charge in [0.15, 0.2) is 0 Å². The lowest BCUT2D eigenvalue weighted by Gasteiger charge is -2.23. The fourth-order valence-electron chi connectivity index (χ4n) is 2.61. The van der Waals surface area contributed by atoms with Gasteiger partial charge in [-0.15, -0.1) is 0 Å². The molecule has 1 aliphatic rings. The largest absolute Gasteiger partial charge is 0.478 e. The maximum atomic E-state index is 10.8. The quantitative estimate of drug-likeness (QED) is 0.815. The summed E-state index contributed by atoms with van der Waals surface area (Å²) in [5, 5.41) is 17.7. The summed E-state index contributed by atoms with van der Waals surface area (Å²) in [7, 11) is 0. The van der Waals surface area contributed by atoms with E-state index in [2.05, 4.69) is 9.88 Å². The van der Waals surface area contributed by atoms with Crippen molar-refractivity contribution < 1.29 is 15.0 Å². The number of aliphatic hydroxyl groups excluding tert-OH is 1. The number of aliphatic hydroxyl groups is 1. The molecule has 5 nitrogen and oxygen atoms in total. The van der Waals surface area contributed by atoms with Crippen molar-refractivity contribution >= 4 is 5.97 Å². The molecule has 0 saturated carbocycles. The number of carboxylic acids is 1. The number of aromatic nitrogens is 1. The van der Waals surface area contributed by atoms with Crippen molar-refractivity contribution in [3.63, 3.8) is 0 Å². The van der Waals surface area contributed by atoms with Gasteiger partial charge >= 0.3 is 5.97 Å². The number of aromatic carboxylic acids is 1. The van der Waals surface area contributed by atoms with Gasteiger partial charge < -0.3 is 10.2 Å². The van der Waals surface area contributed by atoms with Crippen molar-refractivity contribution in [2.75, 3.05) is 13.2 Å². The topological polar surface area (TPSA) is 73.7 Å². The third kappa shape index (κ3) is 3.75. The highest BCUT2D eigenvalue weighted by molar-refractivity contribution is 5.87. The third-order valence-corrected chi connectivity index (χ3v) is 3.63. The van der Waals surface area contributed by atoms with E-state index in [4.69, 9.17) is 10.2 Å². The van der Waals surface area contributed by atoms with E-state index >= 15 is 0 Å². The van der Waals surface area contributed by atoms with E-state index in [1.807, 2.05) is 0 Å². The van der Waals surface area contributed by atoms with Crippen LogP contribution in [0.25, 0.3) is 0 Å². The summed E-state index contributed by atoms with van der Waals surface area (Å²) < 4.78 is 0. The number of carboxylic acid groups (broad SMARTS) is 1. The van der Waals surface area contributed by atoms with Crippen LogP contribution in [0.5, 0.6) is 0 Å². The zero-order valence-electron chi connectivity index (χ0n) is 11.0. The molecule has 0 amide bonds. The molecule has 1 fully saturated rings. The first-order valence-electron chi connectivity index (χ1n) is 6.74. The molecule has 1 aliphatic heterocycles. The SMILES string of the molecule is O=C(O)c1ccc(CN2CCCC2CCCO)nc1. The number of hydrogen-bond acceptors (Lipinski definition) is 4. The van der Waals surface area contributed by atoms with Gasteiger partial charge in [0, 0.05) is 25.4 Å². The van der Waals surface area contributed by atoms with Crippen molar-refractivity contribution in [3.05, 3.63) is 29.6 Å². The van der Waals surface area contributed by atoms with Crippen molar-refractivity contribution in [1.82, 2.24) is 9.88 Å². The van der Waals surface area contributed by atoms with Crippen LogP contribution in [-0.2, 0) is 6.54 Å². The summed E-state index contributed by atoms with van der Waals surface area (Å²) in [6.45, 7) is 2.06. The predicted molar refractivity (Wildman–Crippen MR) is 70.9 cm³/mol. The van der Waals surface area contributed by atoms with Crippen LogP contribution < -0.4 is 0 Å². The first kappa shape index (κ1) is 14.0. The van der Waals surface area contributed by atoms with Gasteiger partial charge in [0.1, 0.15) is 0 Å². The predicted octanol–water partition coefficient (Wildman–Crippen LogP) is 1.52. The molecule has 2 heterocycles. The Balaban J connectivity index is 1.94. The maximum absolute atomic E-state index is 10.8. The van der Waals surface area contributed by atoms with E-state index in [1.54, 1.807) is 12.1 Å².